The van der Waals surface area contributed by atoms with E-state index in [4.69, 9.17) is 0 Å². The summed E-state index contributed by atoms with van der Waals surface area (Å²) in [6.07, 6.45) is 0. The van der Waals surface area contributed by atoms with E-state index in [2.05, 4.69) is 0 Å². The van der Waals surface area contributed by atoms with Crippen LogP contribution in [0.5, 0.6) is 0 Å². The molecule has 2 aromatic rings. The van der Waals surface area contributed by atoms with E-state index in [1.54, 1.807) is 12.1 Å². The van der Waals surface area contributed by atoms with Crippen molar-refractivity contribution in [1.82, 2.24) is 0 Å². The lowest BCUT2D eigenvalue weighted by Crippen LogP contribution is -2.27. The van der Waals surface area contributed by atoms with Crippen molar-refractivity contribution in [3.63, 3.8) is 0 Å². The fourth-order valence-corrected chi connectivity index (χ4v) is 3.26. The summed E-state index contributed by atoms with van der Waals surface area (Å²) in [5.41, 5.74) is 1.12. The van der Waals surface area contributed by atoms with Crippen LogP contribution in [0, 0.1) is 12.7 Å². The van der Waals surface area contributed by atoms with Crippen LogP contribution < -0.4 is 0 Å². The van der Waals surface area contributed by atoms with Crippen molar-refractivity contribution in [2.75, 3.05) is 0 Å². The number of ketones is 1. The Morgan fingerprint density at radius 2 is 1.52 bits per heavy atom. The van der Waals surface area contributed by atoms with Crippen molar-refractivity contribution >= 4 is 15.6 Å². The van der Waals surface area contributed by atoms with E-state index in [1.165, 1.54) is 31.2 Å². The second-order valence-corrected chi connectivity index (χ2v) is 7.14. The number of halogens is 1. The standard InChI is InChI=1S/C16H15FO3S/c1-11-3-9-15(10-4-11)21(19,20)12(2)16(18)13-5-7-14(17)8-6-13/h3-10,12H,1-2H3. The highest BCUT2D eigenvalue weighted by molar-refractivity contribution is 7.92. The van der Waals surface area contributed by atoms with Crippen molar-refractivity contribution in [3.05, 3.63) is 65.5 Å². The van der Waals surface area contributed by atoms with E-state index in [9.17, 15) is 17.6 Å². The number of carbonyl (C=O) groups is 1. The second kappa shape index (κ2) is 5.77. The Hall–Kier alpha value is -2.01. The quantitative estimate of drug-likeness (QED) is 0.815. The van der Waals surface area contributed by atoms with E-state index >= 15 is 0 Å². The smallest absolute Gasteiger partial charge is 0.188 e. The third-order valence-electron chi connectivity index (χ3n) is 3.31. The maximum Gasteiger partial charge on any atom is 0.188 e. The number of rotatable bonds is 4. The van der Waals surface area contributed by atoms with Gasteiger partial charge in [0.2, 0.25) is 0 Å². The average molecular weight is 306 g/mol. The molecule has 0 heterocycles. The molecule has 0 aromatic heterocycles. The summed E-state index contributed by atoms with van der Waals surface area (Å²) >= 11 is 0. The molecule has 21 heavy (non-hydrogen) atoms. The topological polar surface area (TPSA) is 51.2 Å². The van der Waals surface area contributed by atoms with Gasteiger partial charge < -0.3 is 0 Å². The minimum atomic E-state index is -3.76. The number of aryl methyl sites for hydroxylation is 1. The SMILES string of the molecule is Cc1ccc(S(=O)(=O)C(C)C(=O)c2ccc(F)cc2)cc1. The number of hydrogen-bond donors (Lipinski definition) is 0. The van der Waals surface area contributed by atoms with Gasteiger partial charge in [0.05, 0.1) is 4.90 Å². The molecule has 1 atom stereocenters. The van der Waals surface area contributed by atoms with Crippen LogP contribution in [-0.2, 0) is 9.84 Å². The van der Waals surface area contributed by atoms with Crippen molar-refractivity contribution in [2.45, 2.75) is 24.0 Å². The third kappa shape index (κ3) is 3.19. The summed E-state index contributed by atoms with van der Waals surface area (Å²) in [4.78, 5) is 12.3. The lowest BCUT2D eigenvalue weighted by Gasteiger charge is -2.12. The molecule has 2 aromatic carbocycles. The van der Waals surface area contributed by atoms with Crippen molar-refractivity contribution in [3.8, 4) is 0 Å². The van der Waals surface area contributed by atoms with Crippen LogP contribution >= 0.6 is 0 Å². The zero-order valence-electron chi connectivity index (χ0n) is 11.7. The van der Waals surface area contributed by atoms with E-state index in [1.807, 2.05) is 6.92 Å². The van der Waals surface area contributed by atoms with Crippen LogP contribution in [0.25, 0.3) is 0 Å². The number of benzene rings is 2. The first-order valence-corrected chi connectivity index (χ1v) is 7.97. The van der Waals surface area contributed by atoms with Gasteiger partial charge in [-0.3, -0.25) is 4.79 Å². The van der Waals surface area contributed by atoms with Gasteiger partial charge in [-0.2, -0.15) is 0 Å². The molecule has 1 unspecified atom stereocenters. The van der Waals surface area contributed by atoms with Gasteiger partial charge in [0, 0.05) is 5.56 Å². The normalized spacial score (nSPS) is 12.9. The predicted octanol–water partition coefficient (Wildman–Crippen LogP) is 3.18. The largest absolute Gasteiger partial charge is 0.293 e. The van der Waals surface area contributed by atoms with Gasteiger partial charge in [0.15, 0.2) is 15.6 Å². The molecule has 0 aliphatic rings. The molecule has 5 heteroatoms. The number of carbonyl (C=O) groups excluding carboxylic acids is 1. The molecule has 0 saturated heterocycles. The Morgan fingerprint density at radius 3 is 2.05 bits per heavy atom. The molecule has 3 nitrogen and oxygen atoms in total. The number of hydrogen-bond acceptors (Lipinski definition) is 3. The van der Waals surface area contributed by atoms with Gasteiger partial charge in [-0.15, -0.1) is 0 Å². The molecule has 0 aliphatic carbocycles. The molecule has 0 amide bonds. The lowest BCUT2D eigenvalue weighted by molar-refractivity contribution is 0.0991. The third-order valence-corrected chi connectivity index (χ3v) is 5.39. The highest BCUT2D eigenvalue weighted by atomic mass is 32.2. The Kier molecular flexibility index (Phi) is 4.23. The average Bonchev–Trinajstić information content (AvgIpc) is 2.47. The Morgan fingerprint density at radius 1 is 1.00 bits per heavy atom. The first-order chi connectivity index (χ1) is 9.82. The van der Waals surface area contributed by atoms with Crippen LogP contribution in [0.3, 0.4) is 0 Å². The Balaban J connectivity index is 2.33. The van der Waals surface area contributed by atoms with E-state index < -0.39 is 26.7 Å². The summed E-state index contributed by atoms with van der Waals surface area (Å²) in [6.45, 7) is 3.20. The fraction of sp³-hybridized carbons (Fsp3) is 0.188. The van der Waals surface area contributed by atoms with Gasteiger partial charge in [0.25, 0.3) is 0 Å². The summed E-state index contributed by atoms with van der Waals surface area (Å²) in [5, 5.41) is -1.22. The first kappa shape index (κ1) is 15.4. The summed E-state index contributed by atoms with van der Waals surface area (Å²) in [6, 6.07) is 11.2. The van der Waals surface area contributed by atoms with Gasteiger partial charge in [-0.25, -0.2) is 12.8 Å². The minimum Gasteiger partial charge on any atom is -0.293 e. The molecule has 0 aliphatic heterocycles. The van der Waals surface area contributed by atoms with E-state index in [0.29, 0.717) is 0 Å². The molecule has 0 bridgehead atoms. The highest BCUT2D eigenvalue weighted by Gasteiger charge is 2.30. The molecule has 2 rings (SSSR count). The van der Waals surface area contributed by atoms with Crippen molar-refractivity contribution in [2.24, 2.45) is 0 Å². The highest BCUT2D eigenvalue weighted by Crippen LogP contribution is 2.20. The maximum absolute atomic E-state index is 12.9. The molecule has 110 valence electrons. The molecule has 0 radical (unpaired) electrons. The Labute approximate surface area is 123 Å². The summed E-state index contributed by atoms with van der Waals surface area (Å²) < 4.78 is 37.7. The van der Waals surface area contributed by atoms with Crippen LogP contribution in [0.4, 0.5) is 4.39 Å². The molecule has 0 saturated carbocycles. The van der Waals surface area contributed by atoms with Gasteiger partial charge in [-0.05, 0) is 50.2 Å². The monoisotopic (exact) mass is 306 g/mol. The van der Waals surface area contributed by atoms with Crippen LogP contribution in [-0.4, -0.2) is 19.5 Å². The van der Waals surface area contributed by atoms with Crippen LogP contribution in [0.15, 0.2) is 53.4 Å². The van der Waals surface area contributed by atoms with E-state index in [-0.39, 0.29) is 10.5 Å². The number of sulfone groups is 1. The minimum absolute atomic E-state index is 0.107. The number of Topliss-reactive ketones (excluding diaryl/α,β-unsaturated/α-hetero) is 1. The maximum atomic E-state index is 12.9. The molecular weight excluding hydrogens is 291 g/mol. The zero-order chi connectivity index (χ0) is 15.6. The zero-order valence-corrected chi connectivity index (χ0v) is 12.5. The lowest BCUT2D eigenvalue weighted by atomic mass is 10.1. The van der Waals surface area contributed by atoms with Crippen molar-refractivity contribution in [1.29, 1.82) is 0 Å². The Bertz CT molecular complexity index is 747. The van der Waals surface area contributed by atoms with Crippen LogP contribution in [0.1, 0.15) is 22.8 Å². The van der Waals surface area contributed by atoms with Gasteiger partial charge in [-0.1, -0.05) is 17.7 Å². The summed E-state index contributed by atoms with van der Waals surface area (Å²) in [7, 11) is -3.76. The summed E-state index contributed by atoms with van der Waals surface area (Å²) in [5.74, 6) is -1.02. The van der Waals surface area contributed by atoms with Crippen LogP contribution in [0.2, 0.25) is 0 Å². The fourth-order valence-electron chi connectivity index (χ4n) is 1.92. The second-order valence-electron chi connectivity index (χ2n) is 4.87. The molecular formula is C16H15FO3S. The van der Waals surface area contributed by atoms with Gasteiger partial charge >= 0.3 is 0 Å². The molecule has 0 N–H and O–H groups in total. The predicted molar refractivity (Wildman–Crippen MR) is 78.6 cm³/mol. The molecule has 0 fully saturated rings. The van der Waals surface area contributed by atoms with Crippen molar-refractivity contribution < 1.29 is 17.6 Å². The van der Waals surface area contributed by atoms with Gasteiger partial charge in [0.1, 0.15) is 11.1 Å². The van der Waals surface area contributed by atoms with E-state index in [0.717, 1.165) is 17.7 Å². The molecule has 0 spiro atoms. The first-order valence-electron chi connectivity index (χ1n) is 6.43.